The molecule has 0 aliphatic carbocycles. The van der Waals surface area contributed by atoms with Crippen LogP contribution in [0.3, 0.4) is 0 Å². The second-order valence-corrected chi connectivity index (χ2v) is 29.2. The van der Waals surface area contributed by atoms with E-state index in [0.29, 0.717) is 12.8 Å². The number of rotatable bonds is 65. The quantitative estimate of drug-likeness (QED) is 0.0199. The first-order chi connectivity index (χ1) is 49.8. The Bertz CT molecular complexity index is 2120. The van der Waals surface area contributed by atoms with E-state index in [2.05, 4.69) is 79.9 Å². The Kier molecular flexibility index (Phi) is 57.9. The van der Waals surface area contributed by atoms with Crippen LogP contribution < -0.4 is 5.32 Å². The summed E-state index contributed by atoms with van der Waals surface area (Å²) >= 11 is 0. The maximum atomic E-state index is 13.5. The molecule has 0 saturated carbocycles. The summed E-state index contributed by atoms with van der Waals surface area (Å²) in [5.74, 6) is -0.281. The van der Waals surface area contributed by atoms with Crippen LogP contribution >= 0.6 is 0 Å². The summed E-state index contributed by atoms with van der Waals surface area (Å²) in [6.45, 7) is 1.64. The highest BCUT2D eigenvalue weighted by Crippen LogP contribution is 2.33. The van der Waals surface area contributed by atoms with Crippen molar-refractivity contribution in [2.24, 2.45) is 0 Å². The minimum absolute atomic E-state index is 0.236. The molecule has 0 spiro atoms. The lowest BCUT2D eigenvalue weighted by atomic mass is 9.96. The fourth-order valence-corrected chi connectivity index (χ4v) is 13.7. The molecule has 102 heavy (non-hydrogen) atoms. The molecule has 0 aromatic rings. The topological polar surface area (TPSA) is 307 Å². The number of hydrogen-bond donors (Lipinski definition) is 12. The molecule has 3 aliphatic rings. The number of hydrogen-bond acceptors (Lipinski definition) is 18. The molecular weight excluding hydrogens is 1300 g/mol. The van der Waals surface area contributed by atoms with Gasteiger partial charge in [-0.1, -0.05) is 311 Å². The van der Waals surface area contributed by atoms with E-state index in [1.165, 1.54) is 218 Å². The molecule has 3 rings (SSSR count). The van der Waals surface area contributed by atoms with Crippen molar-refractivity contribution in [1.29, 1.82) is 0 Å². The van der Waals surface area contributed by atoms with Crippen molar-refractivity contribution < 1.29 is 89.4 Å². The van der Waals surface area contributed by atoms with Gasteiger partial charge in [0, 0.05) is 6.42 Å². The first kappa shape index (κ1) is 93.4. The van der Waals surface area contributed by atoms with Gasteiger partial charge < -0.3 is 89.9 Å². The number of nitrogens with one attached hydrogen (secondary N) is 1. The van der Waals surface area contributed by atoms with Gasteiger partial charge in [0.05, 0.1) is 38.6 Å². The number of unbranched alkanes of at least 4 members (excludes halogenated alkanes) is 39. The predicted octanol–water partition coefficient (Wildman–Crippen LogP) is 14.0. The number of aliphatic hydroxyl groups excluding tert-OH is 11. The van der Waals surface area contributed by atoms with Crippen LogP contribution in [-0.2, 0) is 33.2 Å². The SMILES string of the molecule is CC/C=C\C/C=C\C/C=C\C/C=C\CCCCCCCCCCCCCCCCCCCCCCC(=O)NC(COC1OC(CO)C(OC2OC(CO)C(OC3OC(CO)C(O)C(O)C3O)C(O)C2O)C(O)C1O)C(O)/C=C/CC/C=C/CCCCCCCCCCCCCCCCCCCC. The summed E-state index contributed by atoms with van der Waals surface area (Å²) in [4.78, 5) is 13.5. The molecule has 12 N–H and O–H groups in total. The van der Waals surface area contributed by atoms with Crippen molar-refractivity contribution in [2.45, 2.75) is 420 Å². The summed E-state index contributed by atoms with van der Waals surface area (Å²) in [5.41, 5.74) is 0. The van der Waals surface area contributed by atoms with Gasteiger partial charge in [-0.3, -0.25) is 4.79 Å². The largest absolute Gasteiger partial charge is 0.394 e. The highest BCUT2D eigenvalue weighted by Gasteiger charge is 2.54. The zero-order valence-corrected chi connectivity index (χ0v) is 63.6. The Labute approximate surface area is 617 Å². The standard InChI is InChI=1S/C83H149NO18/c1-3-5-7-9-11-13-15-17-19-21-23-25-27-29-30-31-32-33-34-35-36-37-39-41-43-45-47-49-51-53-55-57-59-61-71(89)84-66(67(88)60-58-56-54-52-50-48-46-44-42-40-38-28-26-24-22-20-18-16-14-12-10-8-6-4-2)65-97-81-77(95)74(92)79(69(63-86)99-81)102-83-78(96)75(93)80(70(64-87)100-83)101-82-76(94)73(91)72(90)68(62-85)98-82/h5,7,11,13,17,19,23,25,50,52,58,60,66-70,72-83,85-88,90-96H,3-4,6,8-10,12,14-16,18,20-22,24,26-49,51,53-57,59,61-65H2,1-2H3,(H,84,89)/b7-5-,13-11-,19-17-,25-23-,52-50+,60-58+. The minimum atomic E-state index is -1.98. The van der Waals surface area contributed by atoms with Crippen LogP contribution in [0.2, 0.25) is 0 Å². The van der Waals surface area contributed by atoms with Crippen LogP contribution in [-0.4, -0.2) is 193 Å². The van der Waals surface area contributed by atoms with Crippen LogP contribution in [0.5, 0.6) is 0 Å². The minimum Gasteiger partial charge on any atom is -0.394 e. The molecule has 0 aromatic heterocycles. The van der Waals surface area contributed by atoms with Crippen LogP contribution in [0, 0.1) is 0 Å². The average molecular weight is 1450 g/mol. The van der Waals surface area contributed by atoms with Gasteiger partial charge in [-0.15, -0.1) is 0 Å². The van der Waals surface area contributed by atoms with Crippen LogP contribution in [0.25, 0.3) is 0 Å². The highest BCUT2D eigenvalue weighted by molar-refractivity contribution is 5.76. The van der Waals surface area contributed by atoms with Crippen LogP contribution in [0.1, 0.15) is 316 Å². The third-order valence-electron chi connectivity index (χ3n) is 20.2. The van der Waals surface area contributed by atoms with Gasteiger partial charge in [-0.05, 0) is 70.6 Å². The van der Waals surface area contributed by atoms with Crippen molar-refractivity contribution in [3.8, 4) is 0 Å². The van der Waals surface area contributed by atoms with Crippen molar-refractivity contribution in [3.63, 3.8) is 0 Å². The molecule has 17 unspecified atom stereocenters. The number of carbonyl (C=O) groups is 1. The maximum absolute atomic E-state index is 13.5. The summed E-state index contributed by atoms with van der Waals surface area (Å²) in [7, 11) is 0. The van der Waals surface area contributed by atoms with Gasteiger partial charge in [-0.25, -0.2) is 0 Å². The monoisotopic (exact) mass is 1450 g/mol. The molecule has 3 aliphatic heterocycles. The molecule has 3 saturated heterocycles. The molecule has 0 bridgehead atoms. The number of ether oxygens (including phenoxy) is 6. The van der Waals surface area contributed by atoms with E-state index in [1.54, 1.807) is 6.08 Å². The Morgan fingerprint density at radius 1 is 0.363 bits per heavy atom. The first-order valence-corrected chi connectivity index (χ1v) is 41.2. The number of aliphatic hydroxyl groups is 11. The molecule has 3 fully saturated rings. The van der Waals surface area contributed by atoms with Crippen molar-refractivity contribution in [2.75, 3.05) is 26.4 Å². The maximum Gasteiger partial charge on any atom is 0.220 e. The Hall–Kier alpha value is -2.77. The van der Waals surface area contributed by atoms with Gasteiger partial charge in [-0.2, -0.15) is 0 Å². The zero-order valence-electron chi connectivity index (χ0n) is 63.6. The molecule has 1 amide bonds. The van der Waals surface area contributed by atoms with Gasteiger partial charge >= 0.3 is 0 Å². The normalized spacial score (nSPS) is 26.5. The van der Waals surface area contributed by atoms with E-state index in [4.69, 9.17) is 28.4 Å². The summed E-state index contributed by atoms with van der Waals surface area (Å²) in [6, 6.07) is -0.993. The van der Waals surface area contributed by atoms with Crippen molar-refractivity contribution in [3.05, 3.63) is 72.9 Å². The van der Waals surface area contributed by atoms with Gasteiger partial charge in [0.2, 0.25) is 5.91 Å². The number of carbonyl (C=O) groups excluding carboxylic acids is 1. The summed E-state index contributed by atoms with van der Waals surface area (Å²) < 4.78 is 34.5. The molecule has 19 nitrogen and oxygen atoms in total. The zero-order chi connectivity index (χ0) is 73.9. The molecule has 3 heterocycles. The molecular formula is C83H149NO18. The molecule has 594 valence electrons. The summed E-state index contributed by atoms with van der Waals surface area (Å²) in [5, 5.41) is 121. The van der Waals surface area contributed by atoms with E-state index in [-0.39, 0.29) is 18.9 Å². The lowest BCUT2D eigenvalue weighted by molar-refractivity contribution is -0.379. The van der Waals surface area contributed by atoms with E-state index < -0.39 is 124 Å². The predicted molar refractivity (Wildman–Crippen MR) is 406 cm³/mol. The second-order valence-electron chi connectivity index (χ2n) is 29.2. The molecule has 0 aromatic carbocycles. The van der Waals surface area contributed by atoms with E-state index in [0.717, 1.165) is 64.2 Å². The summed E-state index contributed by atoms with van der Waals surface area (Å²) in [6.07, 6.45) is 56.1. The lowest BCUT2D eigenvalue weighted by Crippen LogP contribution is -2.66. The van der Waals surface area contributed by atoms with Gasteiger partial charge in [0.25, 0.3) is 0 Å². The van der Waals surface area contributed by atoms with E-state index >= 15 is 0 Å². The fraction of sp³-hybridized carbons (Fsp3) is 0.843. The van der Waals surface area contributed by atoms with Crippen molar-refractivity contribution >= 4 is 5.91 Å². The van der Waals surface area contributed by atoms with E-state index in [1.807, 2.05) is 6.08 Å². The Morgan fingerprint density at radius 3 is 1.10 bits per heavy atom. The van der Waals surface area contributed by atoms with Gasteiger partial charge in [0.1, 0.15) is 73.2 Å². The molecule has 19 heteroatoms. The molecule has 17 atom stereocenters. The highest BCUT2D eigenvalue weighted by atomic mass is 16.8. The van der Waals surface area contributed by atoms with Gasteiger partial charge in [0.15, 0.2) is 18.9 Å². The molecule has 0 radical (unpaired) electrons. The van der Waals surface area contributed by atoms with Crippen molar-refractivity contribution in [1.82, 2.24) is 5.32 Å². The third-order valence-corrected chi connectivity index (χ3v) is 20.2. The average Bonchev–Trinajstić information content (AvgIpc) is 0.781. The smallest absolute Gasteiger partial charge is 0.220 e. The number of amides is 1. The Balaban J connectivity index is 1.36. The fourth-order valence-electron chi connectivity index (χ4n) is 13.7. The first-order valence-electron chi connectivity index (χ1n) is 41.2. The van der Waals surface area contributed by atoms with Crippen LogP contribution in [0.15, 0.2) is 72.9 Å². The lowest BCUT2D eigenvalue weighted by Gasteiger charge is -2.48. The number of allylic oxidation sites excluding steroid dienone is 11. The van der Waals surface area contributed by atoms with Crippen LogP contribution in [0.4, 0.5) is 0 Å². The third kappa shape index (κ3) is 42.7. The van der Waals surface area contributed by atoms with E-state index in [9.17, 15) is 61.0 Å². The second kappa shape index (κ2) is 63.2. The Morgan fingerprint density at radius 2 is 0.686 bits per heavy atom.